The van der Waals surface area contributed by atoms with E-state index < -0.39 is 18.0 Å². The first kappa shape index (κ1) is 20.0. The summed E-state index contributed by atoms with van der Waals surface area (Å²) >= 11 is 0. The summed E-state index contributed by atoms with van der Waals surface area (Å²) in [4.78, 5) is 24.8. The van der Waals surface area contributed by atoms with E-state index in [2.05, 4.69) is 10.6 Å². The minimum atomic E-state index is -0.863. The van der Waals surface area contributed by atoms with Crippen molar-refractivity contribution in [3.8, 4) is 6.07 Å². The Kier molecular flexibility index (Phi) is 6.48. The molecule has 0 saturated carbocycles. The van der Waals surface area contributed by atoms with Crippen LogP contribution in [0.15, 0.2) is 60.8 Å². The Labute approximate surface area is 168 Å². The molecule has 1 heterocycles. The smallest absolute Gasteiger partial charge is 0.408 e. The Bertz CT molecular complexity index is 1040. The maximum absolute atomic E-state index is 12.5. The number of benzene rings is 2. The van der Waals surface area contributed by atoms with Crippen LogP contribution >= 0.6 is 0 Å². The number of nitrogens with zero attached hydrogens (tertiary/aromatic N) is 2. The number of alkyl carbamates (subject to hydrolysis) is 1. The summed E-state index contributed by atoms with van der Waals surface area (Å²) < 4.78 is 7.22. The van der Waals surface area contributed by atoms with Crippen LogP contribution in [0, 0.1) is 11.3 Å². The van der Waals surface area contributed by atoms with Gasteiger partial charge in [-0.05, 0) is 17.2 Å². The number of ether oxygens (including phenoxy) is 1. The number of hydrogen-bond donors (Lipinski definition) is 2. The Morgan fingerprint density at radius 3 is 2.62 bits per heavy atom. The first-order valence-electron chi connectivity index (χ1n) is 9.23. The second-order valence-electron chi connectivity index (χ2n) is 6.62. The van der Waals surface area contributed by atoms with Crippen molar-refractivity contribution in [1.82, 2.24) is 15.2 Å². The van der Waals surface area contributed by atoms with Gasteiger partial charge in [0.15, 0.2) is 0 Å². The van der Waals surface area contributed by atoms with Gasteiger partial charge < -0.3 is 19.9 Å². The van der Waals surface area contributed by atoms with Crippen LogP contribution in [0.3, 0.4) is 0 Å². The quantitative estimate of drug-likeness (QED) is 0.606. The number of carbonyl (C=O) groups excluding carboxylic acids is 2. The van der Waals surface area contributed by atoms with Crippen molar-refractivity contribution in [1.29, 1.82) is 5.26 Å². The van der Waals surface area contributed by atoms with E-state index in [9.17, 15) is 9.59 Å². The van der Waals surface area contributed by atoms with Crippen molar-refractivity contribution in [2.75, 3.05) is 6.54 Å². The van der Waals surface area contributed by atoms with Crippen LogP contribution in [-0.2, 0) is 29.6 Å². The highest BCUT2D eigenvalue weighted by atomic mass is 16.5. The van der Waals surface area contributed by atoms with E-state index in [-0.39, 0.29) is 19.6 Å². The van der Waals surface area contributed by atoms with Crippen molar-refractivity contribution in [3.63, 3.8) is 0 Å². The van der Waals surface area contributed by atoms with Gasteiger partial charge in [-0.1, -0.05) is 48.5 Å². The topological polar surface area (TPSA) is 96.2 Å². The number of nitrogens with one attached hydrogen (secondary N) is 2. The predicted molar refractivity (Wildman–Crippen MR) is 109 cm³/mol. The third-order valence-electron chi connectivity index (χ3n) is 4.57. The van der Waals surface area contributed by atoms with Gasteiger partial charge in [-0.2, -0.15) is 5.26 Å². The Hall–Kier alpha value is -3.79. The van der Waals surface area contributed by atoms with Crippen molar-refractivity contribution in [2.45, 2.75) is 19.1 Å². The molecule has 0 aliphatic heterocycles. The fourth-order valence-corrected chi connectivity index (χ4v) is 3.17. The van der Waals surface area contributed by atoms with Crippen molar-refractivity contribution in [2.24, 2.45) is 7.05 Å². The molecule has 0 aliphatic rings. The number of aromatic nitrogens is 1. The van der Waals surface area contributed by atoms with E-state index in [1.165, 1.54) is 0 Å². The first-order chi connectivity index (χ1) is 14.1. The molecule has 2 amide bonds. The molecule has 3 aromatic rings. The van der Waals surface area contributed by atoms with Gasteiger partial charge >= 0.3 is 6.09 Å². The van der Waals surface area contributed by atoms with Crippen LogP contribution in [-0.4, -0.2) is 29.2 Å². The molecule has 0 fully saturated rings. The minimum absolute atomic E-state index is 0.105. The fourth-order valence-electron chi connectivity index (χ4n) is 3.17. The van der Waals surface area contributed by atoms with E-state index in [0.29, 0.717) is 0 Å². The van der Waals surface area contributed by atoms with E-state index in [1.807, 2.05) is 78.5 Å². The lowest BCUT2D eigenvalue weighted by molar-refractivity contribution is -0.122. The largest absolute Gasteiger partial charge is 0.445 e. The standard InChI is InChI=1S/C22H22N4O3/c1-26-14-17(18-9-5-6-10-20(18)26)13-19(21(27)24-12-11-23)25-22(28)29-15-16-7-3-2-4-8-16/h2-10,14,19H,12-13,15H2,1H3,(H,24,27)(H,25,28)/t19-/m0/s1. The molecule has 3 rings (SSSR count). The Morgan fingerprint density at radius 2 is 1.86 bits per heavy atom. The first-order valence-corrected chi connectivity index (χ1v) is 9.23. The summed E-state index contributed by atoms with van der Waals surface area (Å²) in [6.45, 7) is -0.0287. The molecule has 0 unspecified atom stereocenters. The van der Waals surface area contributed by atoms with Gasteiger partial charge in [0.05, 0.1) is 6.07 Å². The monoisotopic (exact) mass is 390 g/mol. The second kappa shape index (κ2) is 9.42. The number of aryl methyl sites for hydroxylation is 1. The van der Waals surface area contributed by atoms with Gasteiger partial charge in [0.2, 0.25) is 5.91 Å². The summed E-state index contributed by atoms with van der Waals surface area (Å²) in [5, 5.41) is 14.9. The van der Waals surface area contributed by atoms with Crippen molar-refractivity contribution >= 4 is 22.9 Å². The molecule has 1 aromatic heterocycles. The maximum atomic E-state index is 12.5. The molecule has 0 bridgehead atoms. The number of fused-ring (bicyclic) bond motifs is 1. The zero-order valence-electron chi connectivity index (χ0n) is 16.1. The molecule has 7 heteroatoms. The zero-order valence-corrected chi connectivity index (χ0v) is 16.1. The number of hydrogen-bond acceptors (Lipinski definition) is 4. The Morgan fingerprint density at radius 1 is 1.14 bits per heavy atom. The van der Waals surface area contributed by atoms with Crippen LogP contribution < -0.4 is 10.6 Å². The Balaban J connectivity index is 1.72. The van der Waals surface area contributed by atoms with Gasteiger partial charge in [0, 0.05) is 30.6 Å². The number of para-hydroxylation sites is 1. The van der Waals surface area contributed by atoms with Crippen LogP contribution in [0.1, 0.15) is 11.1 Å². The number of rotatable bonds is 7. The summed E-state index contributed by atoms with van der Waals surface area (Å²) in [6.07, 6.45) is 1.52. The van der Waals surface area contributed by atoms with E-state index in [4.69, 9.17) is 10.00 Å². The molecule has 0 radical (unpaired) electrons. The molecule has 2 aromatic carbocycles. The van der Waals surface area contributed by atoms with Gasteiger partial charge in [-0.3, -0.25) is 4.79 Å². The predicted octanol–water partition coefficient (Wildman–Crippen LogP) is 2.66. The molecule has 0 aliphatic carbocycles. The molecule has 0 spiro atoms. The molecule has 29 heavy (non-hydrogen) atoms. The summed E-state index contributed by atoms with van der Waals surface area (Å²) in [6, 6.07) is 18.1. The molecule has 1 atom stereocenters. The third-order valence-corrected chi connectivity index (χ3v) is 4.57. The highest BCUT2D eigenvalue weighted by molar-refractivity contribution is 5.88. The zero-order chi connectivity index (χ0) is 20.6. The van der Waals surface area contributed by atoms with Crippen LogP contribution in [0.2, 0.25) is 0 Å². The van der Waals surface area contributed by atoms with Gasteiger partial charge in [-0.15, -0.1) is 0 Å². The SMILES string of the molecule is Cn1cc(C[C@H](NC(=O)OCc2ccccc2)C(=O)NCC#N)c2ccccc21. The number of nitriles is 1. The van der Waals surface area contributed by atoms with Gasteiger partial charge in [0.1, 0.15) is 19.2 Å². The van der Waals surface area contributed by atoms with Crippen LogP contribution in [0.25, 0.3) is 10.9 Å². The van der Waals surface area contributed by atoms with Crippen molar-refractivity contribution in [3.05, 3.63) is 71.9 Å². The van der Waals surface area contributed by atoms with Crippen molar-refractivity contribution < 1.29 is 14.3 Å². The lowest BCUT2D eigenvalue weighted by atomic mass is 10.0. The lowest BCUT2D eigenvalue weighted by Crippen LogP contribution is -2.48. The average Bonchev–Trinajstić information content (AvgIpc) is 3.06. The van der Waals surface area contributed by atoms with E-state index >= 15 is 0 Å². The molecule has 148 valence electrons. The molecule has 7 nitrogen and oxygen atoms in total. The molecule has 2 N–H and O–H groups in total. The second-order valence-corrected chi connectivity index (χ2v) is 6.62. The molecule has 0 saturated heterocycles. The highest BCUT2D eigenvalue weighted by Gasteiger charge is 2.23. The van der Waals surface area contributed by atoms with E-state index in [1.54, 1.807) is 0 Å². The van der Waals surface area contributed by atoms with E-state index in [0.717, 1.165) is 22.0 Å². The number of amides is 2. The summed E-state index contributed by atoms with van der Waals surface area (Å²) in [7, 11) is 1.93. The summed E-state index contributed by atoms with van der Waals surface area (Å²) in [5.74, 6) is -0.434. The minimum Gasteiger partial charge on any atom is -0.445 e. The van der Waals surface area contributed by atoms with Gasteiger partial charge in [0.25, 0.3) is 0 Å². The fraction of sp³-hybridized carbons (Fsp3) is 0.227. The van der Waals surface area contributed by atoms with Gasteiger partial charge in [-0.25, -0.2) is 4.79 Å². The normalized spacial score (nSPS) is 11.4. The highest BCUT2D eigenvalue weighted by Crippen LogP contribution is 2.21. The number of carbonyl (C=O) groups is 2. The summed E-state index contributed by atoms with van der Waals surface area (Å²) in [5.41, 5.74) is 2.80. The van der Waals surface area contributed by atoms with Crippen LogP contribution in [0.5, 0.6) is 0 Å². The third kappa shape index (κ3) is 5.14. The molecular formula is C22H22N4O3. The average molecular weight is 390 g/mol. The molecular weight excluding hydrogens is 368 g/mol. The lowest BCUT2D eigenvalue weighted by Gasteiger charge is -2.17. The maximum Gasteiger partial charge on any atom is 0.408 e. The van der Waals surface area contributed by atoms with Crippen LogP contribution in [0.4, 0.5) is 4.79 Å².